The van der Waals surface area contributed by atoms with E-state index in [1.165, 1.54) is 17.5 Å². The second-order valence-electron chi connectivity index (χ2n) is 6.01. The van der Waals surface area contributed by atoms with Gasteiger partial charge in [0.1, 0.15) is 0 Å². The number of hydrogen-bond donors (Lipinski definition) is 1. The lowest BCUT2D eigenvalue weighted by atomic mass is 9.78. The number of hydrogen-bond acceptors (Lipinski definition) is 2. The van der Waals surface area contributed by atoms with Gasteiger partial charge in [-0.3, -0.25) is 4.90 Å². The van der Waals surface area contributed by atoms with Gasteiger partial charge in [0.05, 0.1) is 0 Å². The molecule has 2 rings (SSSR count). The van der Waals surface area contributed by atoms with Crippen LogP contribution >= 0.6 is 0 Å². The van der Waals surface area contributed by atoms with Crippen molar-refractivity contribution in [3.63, 3.8) is 0 Å². The molecule has 1 aromatic rings. The molecule has 0 radical (unpaired) electrons. The Morgan fingerprint density at radius 2 is 2.06 bits per heavy atom. The highest BCUT2D eigenvalue weighted by atomic mass is 15.1. The third-order valence-electron chi connectivity index (χ3n) is 4.19. The van der Waals surface area contributed by atoms with Crippen LogP contribution in [0.1, 0.15) is 31.4 Å². The third kappa shape index (κ3) is 2.88. The van der Waals surface area contributed by atoms with E-state index in [4.69, 9.17) is 5.73 Å². The van der Waals surface area contributed by atoms with Gasteiger partial charge in [-0.2, -0.15) is 0 Å². The topological polar surface area (TPSA) is 29.3 Å². The van der Waals surface area contributed by atoms with Crippen LogP contribution in [0, 0.1) is 12.3 Å². The van der Waals surface area contributed by atoms with Gasteiger partial charge in [0.15, 0.2) is 0 Å². The van der Waals surface area contributed by atoms with Gasteiger partial charge >= 0.3 is 0 Å². The first-order valence-corrected chi connectivity index (χ1v) is 6.51. The van der Waals surface area contributed by atoms with Crippen molar-refractivity contribution in [2.75, 3.05) is 13.1 Å². The molecule has 0 spiro atoms. The maximum absolute atomic E-state index is 6.25. The van der Waals surface area contributed by atoms with E-state index in [0.29, 0.717) is 11.5 Å². The lowest BCUT2D eigenvalue weighted by Crippen LogP contribution is -2.52. The summed E-state index contributed by atoms with van der Waals surface area (Å²) in [5, 5.41) is 0. The maximum atomic E-state index is 6.25. The molecule has 0 aliphatic carbocycles. The van der Waals surface area contributed by atoms with Crippen LogP contribution in [0.5, 0.6) is 0 Å². The molecule has 1 heterocycles. The number of nitrogens with two attached hydrogens (primary N) is 1. The largest absolute Gasteiger partial charge is 0.326 e. The zero-order chi connectivity index (χ0) is 12.5. The summed E-state index contributed by atoms with van der Waals surface area (Å²) in [6.45, 7) is 9.96. The van der Waals surface area contributed by atoms with E-state index in [-0.39, 0.29) is 0 Å². The summed E-state index contributed by atoms with van der Waals surface area (Å²) < 4.78 is 0. The van der Waals surface area contributed by atoms with Crippen molar-refractivity contribution >= 4 is 0 Å². The van der Waals surface area contributed by atoms with Gasteiger partial charge in [-0.25, -0.2) is 0 Å². The van der Waals surface area contributed by atoms with Crippen LogP contribution in [-0.2, 0) is 6.54 Å². The predicted molar refractivity (Wildman–Crippen MR) is 72.8 cm³/mol. The molecular weight excluding hydrogens is 208 g/mol. The minimum Gasteiger partial charge on any atom is -0.326 e. The number of benzene rings is 1. The number of aryl methyl sites for hydroxylation is 1. The first-order chi connectivity index (χ1) is 7.99. The Balaban J connectivity index is 2.00. The third-order valence-corrected chi connectivity index (χ3v) is 4.19. The smallest absolute Gasteiger partial charge is 0.0237 e. The van der Waals surface area contributed by atoms with Crippen molar-refractivity contribution in [2.45, 2.75) is 39.8 Å². The zero-order valence-corrected chi connectivity index (χ0v) is 11.2. The van der Waals surface area contributed by atoms with E-state index in [0.717, 1.165) is 19.6 Å². The fourth-order valence-corrected chi connectivity index (χ4v) is 2.42. The fourth-order valence-electron chi connectivity index (χ4n) is 2.42. The van der Waals surface area contributed by atoms with E-state index >= 15 is 0 Å². The molecule has 94 valence electrons. The summed E-state index contributed by atoms with van der Waals surface area (Å²) in [6.07, 6.45) is 1.19. The Labute approximate surface area is 105 Å². The van der Waals surface area contributed by atoms with Gasteiger partial charge in [0.25, 0.3) is 0 Å². The van der Waals surface area contributed by atoms with Crippen molar-refractivity contribution in [3.8, 4) is 0 Å². The molecule has 1 unspecified atom stereocenters. The molecule has 1 atom stereocenters. The van der Waals surface area contributed by atoms with E-state index in [1.54, 1.807) is 0 Å². The average Bonchev–Trinajstić information content (AvgIpc) is 2.27. The number of piperidine rings is 1. The number of likely N-dealkylation sites (tertiary alicyclic amines) is 1. The Morgan fingerprint density at radius 3 is 2.71 bits per heavy atom. The van der Waals surface area contributed by atoms with Gasteiger partial charge in [0, 0.05) is 19.1 Å². The molecule has 0 aromatic heterocycles. The van der Waals surface area contributed by atoms with E-state index in [2.05, 4.69) is 49.9 Å². The Morgan fingerprint density at radius 1 is 1.35 bits per heavy atom. The summed E-state index contributed by atoms with van der Waals surface area (Å²) >= 11 is 0. The van der Waals surface area contributed by atoms with E-state index in [9.17, 15) is 0 Å². The molecule has 2 heteroatoms. The first kappa shape index (κ1) is 12.6. The quantitative estimate of drug-likeness (QED) is 0.849. The van der Waals surface area contributed by atoms with Crippen LogP contribution in [0.25, 0.3) is 0 Å². The van der Waals surface area contributed by atoms with Gasteiger partial charge in [0.2, 0.25) is 0 Å². The van der Waals surface area contributed by atoms with E-state index < -0.39 is 0 Å². The second-order valence-corrected chi connectivity index (χ2v) is 6.01. The first-order valence-electron chi connectivity index (χ1n) is 6.51. The lowest BCUT2D eigenvalue weighted by molar-refractivity contribution is 0.101. The molecule has 2 N–H and O–H groups in total. The Hall–Kier alpha value is -0.860. The van der Waals surface area contributed by atoms with Crippen molar-refractivity contribution in [3.05, 3.63) is 35.4 Å². The average molecular weight is 232 g/mol. The predicted octanol–water partition coefficient (Wildman–Crippen LogP) is 2.55. The highest BCUT2D eigenvalue weighted by molar-refractivity contribution is 5.25. The molecule has 1 aliphatic heterocycles. The molecule has 0 bridgehead atoms. The van der Waals surface area contributed by atoms with Crippen molar-refractivity contribution in [1.82, 2.24) is 4.90 Å². The van der Waals surface area contributed by atoms with Gasteiger partial charge in [-0.1, -0.05) is 38.1 Å². The molecule has 0 amide bonds. The van der Waals surface area contributed by atoms with Crippen LogP contribution in [0.2, 0.25) is 0 Å². The monoisotopic (exact) mass is 232 g/mol. The van der Waals surface area contributed by atoms with Crippen molar-refractivity contribution in [2.24, 2.45) is 11.1 Å². The highest BCUT2D eigenvalue weighted by Crippen LogP contribution is 2.29. The molecule has 1 aliphatic rings. The summed E-state index contributed by atoms with van der Waals surface area (Å²) in [4.78, 5) is 2.48. The van der Waals surface area contributed by atoms with Gasteiger partial charge in [-0.05, 0) is 36.4 Å². The van der Waals surface area contributed by atoms with Crippen LogP contribution in [-0.4, -0.2) is 24.0 Å². The number of nitrogens with zero attached hydrogens (tertiary/aromatic N) is 1. The number of rotatable bonds is 2. The molecular formula is C15H24N2. The maximum Gasteiger partial charge on any atom is 0.0237 e. The van der Waals surface area contributed by atoms with Crippen molar-refractivity contribution < 1.29 is 0 Å². The molecule has 0 saturated carbocycles. The van der Waals surface area contributed by atoms with E-state index in [1.807, 2.05) is 0 Å². The van der Waals surface area contributed by atoms with Crippen LogP contribution in [0.3, 0.4) is 0 Å². The van der Waals surface area contributed by atoms with Crippen LogP contribution in [0.4, 0.5) is 0 Å². The minimum absolute atomic E-state index is 0.292. The van der Waals surface area contributed by atoms with Crippen LogP contribution < -0.4 is 5.73 Å². The zero-order valence-electron chi connectivity index (χ0n) is 11.2. The van der Waals surface area contributed by atoms with Gasteiger partial charge < -0.3 is 5.73 Å². The minimum atomic E-state index is 0.292. The molecule has 17 heavy (non-hydrogen) atoms. The van der Waals surface area contributed by atoms with Gasteiger partial charge in [-0.15, -0.1) is 0 Å². The lowest BCUT2D eigenvalue weighted by Gasteiger charge is -2.42. The summed E-state index contributed by atoms with van der Waals surface area (Å²) in [5.74, 6) is 0. The fraction of sp³-hybridized carbons (Fsp3) is 0.600. The Kier molecular flexibility index (Phi) is 3.55. The molecule has 1 fully saturated rings. The summed E-state index contributed by atoms with van der Waals surface area (Å²) in [7, 11) is 0. The van der Waals surface area contributed by atoms with Crippen molar-refractivity contribution in [1.29, 1.82) is 0 Å². The highest BCUT2D eigenvalue weighted by Gasteiger charge is 2.32. The second kappa shape index (κ2) is 4.79. The standard InChI is InChI=1S/C15H24N2/c1-12-6-4-5-7-13(12)10-17-9-8-15(2,3)14(16)11-17/h4-7,14H,8-11,16H2,1-3H3. The normalized spacial score (nSPS) is 24.8. The molecule has 2 nitrogen and oxygen atoms in total. The Bertz CT molecular complexity index is 384. The molecule has 1 aromatic carbocycles. The summed E-state index contributed by atoms with van der Waals surface area (Å²) in [5.41, 5.74) is 9.36. The SMILES string of the molecule is Cc1ccccc1CN1CCC(C)(C)C(N)C1. The summed E-state index contributed by atoms with van der Waals surface area (Å²) in [6, 6.07) is 8.92. The van der Waals surface area contributed by atoms with Crippen LogP contribution in [0.15, 0.2) is 24.3 Å². The molecule has 1 saturated heterocycles.